The molecule has 4 rings (SSSR count). The Morgan fingerprint density at radius 2 is 2.00 bits per heavy atom. The molecule has 0 aliphatic carbocycles. The summed E-state index contributed by atoms with van der Waals surface area (Å²) in [5.74, 6) is 2.15. The molecule has 3 heterocycles. The molecular weight excluding hydrogens is 284 g/mol. The molecule has 1 aromatic carbocycles. The summed E-state index contributed by atoms with van der Waals surface area (Å²) in [7, 11) is 0. The van der Waals surface area contributed by atoms with Crippen molar-refractivity contribution in [3.05, 3.63) is 30.1 Å². The van der Waals surface area contributed by atoms with Crippen LogP contribution < -0.4 is 5.32 Å². The molecule has 2 fully saturated rings. The van der Waals surface area contributed by atoms with Gasteiger partial charge in [-0.3, -0.25) is 4.90 Å². The van der Waals surface area contributed by atoms with E-state index in [0.717, 1.165) is 18.0 Å². The van der Waals surface area contributed by atoms with Gasteiger partial charge in [0.05, 0.1) is 17.1 Å². The number of piperidine rings is 1. The topological polar surface area (TPSA) is 33.1 Å². The summed E-state index contributed by atoms with van der Waals surface area (Å²) in [4.78, 5) is 7.73. The second-order valence-electron chi connectivity index (χ2n) is 7.05. The molecule has 2 aromatic rings. The molecule has 0 amide bonds. The van der Waals surface area contributed by atoms with E-state index in [9.17, 15) is 0 Å². The van der Waals surface area contributed by atoms with E-state index in [1.165, 1.54) is 63.2 Å². The molecule has 1 aromatic heterocycles. The molecule has 23 heavy (non-hydrogen) atoms. The van der Waals surface area contributed by atoms with Crippen molar-refractivity contribution in [1.29, 1.82) is 0 Å². The zero-order valence-corrected chi connectivity index (χ0v) is 14.2. The van der Waals surface area contributed by atoms with Gasteiger partial charge in [0.1, 0.15) is 5.82 Å². The molecule has 4 nitrogen and oxygen atoms in total. The Morgan fingerprint density at radius 1 is 1.17 bits per heavy atom. The summed E-state index contributed by atoms with van der Waals surface area (Å²) in [5, 5.41) is 3.48. The Balaban J connectivity index is 1.60. The maximum atomic E-state index is 5.02. The van der Waals surface area contributed by atoms with Crippen LogP contribution in [0, 0.1) is 5.92 Å². The van der Waals surface area contributed by atoms with Gasteiger partial charge in [-0.25, -0.2) is 4.98 Å². The highest BCUT2D eigenvalue weighted by molar-refractivity contribution is 5.76. The van der Waals surface area contributed by atoms with Crippen LogP contribution in [0.3, 0.4) is 0 Å². The van der Waals surface area contributed by atoms with Crippen LogP contribution in [0.5, 0.6) is 0 Å². The third-order valence-corrected chi connectivity index (χ3v) is 5.61. The molecule has 124 valence electrons. The van der Waals surface area contributed by atoms with Crippen molar-refractivity contribution in [2.45, 2.75) is 45.2 Å². The second-order valence-corrected chi connectivity index (χ2v) is 7.05. The van der Waals surface area contributed by atoms with E-state index in [2.05, 4.69) is 46.0 Å². The number of para-hydroxylation sites is 2. The monoisotopic (exact) mass is 312 g/mol. The number of nitrogens with zero attached hydrogens (tertiary/aromatic N) is 3. The quantitative estimate of drug-likeness (QED) is 0.941. The highest BCUT2D eigenvalue weighted by Gasteiger charge is 2.31. The van der Waals surface area contributed by atoms with Gasteiger partial charge in [-0.2, -0.15) is 0 Å². The van der Waals surface area contributed by atoms with Crippen molar-refractivity contribution >= 4 is 11.0 Å². The normalized spacial score (nSPS) is 23.8. The van der Waals surface area contributed by atoms with Gasteiger partial charge in [-0.1, -0.05) is 12.1 Å². The summed E-state index contributed by atoms with van der Waals surface area (Å²) in [6.07, 6.45) is 5.22. The summed E-state index contributed by atoms with van der Waals surface area (Å²) < 4.78 is 2.43. The van der Waals surface area contributed by atoms with Gasteiger partial charge in [-0.15, -0.1) is 0 Å². The number of nitrogens with one attached hydrogen (secondary N) is 1. The van der Waals surface area contributed by atoms with Crippen molar-refractivity contribution in [3.63, 3.8) is 0 Å². The average Bonchev–Trinajstić information content (AvgIpc) is 3.19. The van der Waals surface area contributed by atoms with Crippen molar-refractivity contribution < 1.29 is 0 Å². The van der Waals surface area contributed by atoms with Crippen LogP contribution >= 0.6 is 0 Å². The molecule has 0 radical (unpaired) electrons. The van der Waals surface area contributed by atoms with Gasteiger partial charge in [-0.05, 0) is 70.3 Å². The van der Waals surface area contributed by atoms with Gasteiger partial charge >= 0.3 is 0 Å². The molecule has 2 saturated heterocycles. The first kappa shape index (κ1) is 15.2. The first-order valence-electron chi connectivity index (χ1n) is 9.26. The number of fused-ring (bicyclic) bond motifs is 1. The van der Waals surface area contributed by atoms with E-state index in [1.807, 2.05) is 0 Å². The first-order chi connectivity index (χ1) is 11.4. The van der Waals surface area contributed by atoms with Crippen LogP contribution in [0.1, 0.15) is 44.5 Å². The molecule has 1 N–H and O–H groups in total. The maximum absolute atomic E-state index is 5.02. The summed E-state index contributed by atoms with van der Waals surface area (Å²) in [6, 6.07) is 9.10. The van der Waals surface area contributed by atoms with Gasteiger partial charge < -0.3 is 9.88 Å². The fourth-order valence-electron chi connectivity index (χ4n) is 4.41. The lowest BCUT2D eigenvalue weighted by Crippen LogP contribution is -2.36. The van der Waals surface area contributed by atoms with E-state index in [-0.39, 0.29) is 0 Å². The highest BCUT2D eigenvalue weighted by atomic mass is 15.2. The molecular formula is C19H28N4. The fraction of sp³-hybridized carbons (Fsp3) is 0.632. The third-order valence-electron chi connectivity index (χ3n) is 5.61. The minimum Gasteiger partial charge on any atom is -0.327 e. The highest BCUT2D eigenvalue weighted by Crippen LogP contribution is 2.34. The van der Waals surface area contributed by atoms with E-state index >= 15 is 0 Å². The second kappa shape index (κ2) is 6.62. The van der Waals surface area contributed by atoms with Crippen LogP contribution in [0.2, 0.25) is 0 Å². The van der Waals surface area contributed by atoms with Gasteiger partial charge in [0, 0.05) is 13.1 Å². The summed E-state index contributed by atoms with van der Waals surface area (Å²) >= 11 is 0. The Hall–Kier alpha value is -1.39. The molecule has 2 aliphatic rings. The molecule has 1 atom stereocenters. The third kappa shape index (κ3) is 2.90. The lowest BCUT2D eigenvalue weighted by Gasteiger charge is -2.31. The van der Waals surface area contributed by atoms with Crippen LogP contribution in [0.25, 0.3) is 11.0 Å². The standard InChI is InChI=1S/C19H28N4/c1-2-23-17-7-4-3-6-16(17)21-19(23)18-8-5-13-22(18)14-15-9-11-20-12-10-15/h3-4,6-7,15,18,20H,2,5,8-14H2,1H3. The van der Waals surface area contributed by atoms with Crippen LogP contribution in [0.15, 0.2) is 24.3 Å². The Labute approximate surface area is 138 Å². The van der Waals surface area contributed by atoms with Crippen LogP contribution in [-0.4, -0.2) is 40.6 Å². The molecule has 0 bridgehead atoms. The molecule has 0 spiro atoms. The number of hydrogen-bond acceptors (Lipinski definition) is 3. The predicted molar refractivity (Wildman–Crippen MR) is 94.5 cm³/mol. The van der Waals surface area contributed by atoms with Gasteiger partial charge in [0.15, 0.2) is 0 Å². The Morgan fingerprint density at radius 3 is 2.83 bits per heavy atom. The number of benzene rings is 1. The number of imidazole rings is 1. The maximum Gasteiger partial charge on any atom is 0.127 e. The van der Waals surface area contributed by atoms with Crippen molar-refractivity contribution in [2.24, 2.45) is 5.92 Å². The molecule has 2 aliphatic heterocycles. The van der Waals surface area contributed by atoms with Crippen molar-refractivity contribution in [3.8, 4) is 0 Å². The largest absolute Gasteiger partial charge is 0.327 e. The smallest absolute Gasteiger partial charge is 0.127 e. The average molecular weight is 312 g/mol. The van der Waals surface area contributed by atoms with Crippen molar-refractivity contribution in [1.82, 2.24) is 19.8 Å². The molecule has 4 heteroatoms. The minimum atomic E-state index is 0.511. The number of aromatic nitrogens is 2. The zero-order chi connectivity index (χ0) is 15.6. The molecule has 0 saturated carbocycles. The summed E-state index contributed by atoms with van der Waals surface area (Å²) in [6.45, 7) is 8.12. The predicted octanol–water partition coefficient (Wildman–Crippen LogP) is 3.19. The lowest BCUT2D eigenvalue weighted by atomic mass is 9.97. The van der Waals surface area contributed by atoms with E-state index in [1.54, 1.807) is 0 Å². The van der Waals surface area contributed by atoms with E-state index in [0.29, 0.717) is 6.04 Å². The van der Waals surface area contributed by atoms with Crippen LogP contribution in [-0.2, 0) is 6.54 Å². The number of likely N-dealkylation sites (tertiary alicyclic amines) is 1. The van der Waals surface area contributed by atoms with Gasteiger partial charge in [0.25, 0.3) is 0 Å². The summed E-state index contributed by atoms with van der Waals surface area (Å²) in [5.41, 5.74) is 2.44. The fourth-order valence-corrected chi connectivity index (χ4v) is 4.41. The lowest BCUT2D eigenvalue weighted by molar-refractivity contribution is 0.185. The van der Waals surface area contributed by atoms with E-state index in [4.69, 9.17) is 4.98 Å². The zero-order valence-electron chi connectivity index (χ0n) is 14.2. The minimum absolute atomic E-state index is 0.511. The Bertz CT molecular complexity index is 656. The molecule has 1 unspecified atom stereocenters. The van der Waals surface area contributed by atoms with E-state index < -0.39 is 0 Å². The SMILES string of the molecule is CCn1c(C2CCCN2CC2CCNCC2)nc2ccccc21. The van der Waals surface area contributed by atoms with Crippen molar-refractivity contribution in [2.75, 3.05) is 26.2 Å². The van der Waals surface area contributed by atoms with Gasteiger partial charge in [0.2, 0.25) is 0 Å². The number of rotatable bonds is 4. The first-order valence-corrected chi connectivity index (χ1v) is 9.26. The number of hydrogen-bond donors (Lipinski definition) is 1. The van der Waals surface area contributed by atoms with Crippen LogP contribution in [0.4, 0.5) is 0 Å². The Kier molecular flexibility index (Phi) is 4.36. The number of aryl methyl sites for hydroxylation is 1.